The van der Waals surface area contributed by atoms with Gasteiger partial charge >= 0.3 is 6.09 Å². The first-order valence-corrected chi connectivity index (χ1v) is 17.6. The summed E-state index contributed by atoms with van der Waals surface area (Å²) in [4.78, 5) is 53.9. The van der Waals surface area contributed by atoms with Gasteiger partial charge in [-0.2, -0.15) is 0 Å². The number of carbonyl (C=O) groups is 3. The molecule has 0 spiro atoms. The van der Waals surface area contributed by atoms with E-state index < -0.39 is 11.7 Å². The summed E-state index contributed by atoms with van der Waals surface area (Å²) in [5.41, 5.74) is 4.33. The molecular formula is C37H42Cl2N6O5. The van der Waals surface area contributed by atoms with Crippen LogP contribution in [-0.4, -0.2) is 79.3 Å². The number of ketones is 1. The fourth-order valence-electron chi connectivity index (χ4n) is 6.28. The molecule has 0 atom stereocenters. The summed E-state index contributed by atoms with van der Waals surface area (Å²) in [7, 11) is 3.82. The Balaban J connectivity index is 1.17. The van der Waals surface area contributed by atoms with E-state index in [2.05, 4.69) is 16.8 Å². The minimum Gasteiger partial charge on any atom is -0.444 e. The highest BCUT2D eigenvalue weighted by Gasteiger charge is 2.32. The molecule has 0 radical (unpaired) electrons. The van der Waals surface area contributed by atoms with Crippen molar-refractivity contribution in [2.24, 2.45) is 7.05 Å². The van der Waals surface area contributed by atoms with Gasteiger partial charge < -0.3 is 28.4 Å². The van der Waals surface area contributed by atoms with Crippen LogP contribution in [0.2, 0.25) is 10.0 Å². The van der Waals surface area contributed by atoms with Crippen molar-refractivity contribution in [2.75, 3.05) is 26.7 Å². The number of hydrogen-bond donors (Lipinski definition) is 0. The van der Waals surface area contributed by atoms with Crippen LogP contribution >= 0.6 is 23.2 Å². The maximum atomic E-state index is 13.7. The van der Waals surface area contributed by atoms with Gasteiger partial charge in [-0.05, 0) is 46.0 Å². The van der Waals surface area contributed by atoms with Crippen molar-refractivity contribution in [1.82, 2.24) is 29.2 Å². The van der Waals surface area contributed by atoms with Crippen molar-refractivity contribution in [3.63, 3.8) is 0 Å². The normalized spacial score (nSPS) is 14.3. The summed E-state index contributed by atoms with van der Waals surface area (Å²) in [5.74, 6) is 1.23. The second-order valence-corrected chi connectivity index (χ2v) is 14.6. The molecule has 0 unspecified atom stereocenters. The second kappa shape index (κ2) is 14.2. The first-order chi connectivity index (χ1) is 23.7. The number of amides is 2. The molecule has 2 aromatic carbocycles. The summed E-state index contributed by atoms with van der Waals surface area (Å²) >= 11 is 14.0. The summed E-state index contributed by atoms with van der Waals surface area (Å²) in [5, 5.41) is 0.826. The number of oxazole rings is 1. The number of nitrogens with zero attached hydrogens (tertiary/aromatic N) is 6. The molecule has 11 nitrogen and oxygen atoms in total. The lowest BCUT2D eigenvalue weighted by atomic mass is 9.98. The zero-order valence-corrected chi connectivity index (χ0v) is 30.8. The number of fused-ring (bicyclic) bond motifs is 2. The van der Waals surface area contributed by atoms with E-state index in [1.54, 1.807) is 9.80 Å². The van der Waals surface area contributed by atoms with Gasteiger partial charge in [0.1, 0.15) is 17.1 Å². The largest absolute Gasteiger partial charge is 0.444 e. The summed E-state index contributed by atoms with van der Waals surface area (Å²) < 4.78 is 13.5. The monoisotopic (exact) mass is 720 g/mol. The lowest BCUT2D eigenvalue weighted by Gasteiger charge is -2.29. The third-order valence-electron chi connectivity index (χ3n) is 9.16. The third-order valence-corrected chi connectivity index (χ3v) is 10.0. The molecule has 4 heterocycles. The standard InChI is InChI=1S/C37H42Cl2N6O5/c1-7-42(5)16-15-31(47)45-20-27-30(21-45)49-35(41-27)25-13-9-12-24(33(25)39)23-11-8-10-22(32(23)38)18-29(46)34-40-26-19-44(17-14-28(26)43(34)6)36(48)50-37(2,3)4/h8-13H,7,14-21H2,1-6H3. The van der Waals surface area contributed by atoms with E-state index in [9.17, 15) is 14.4 Å². The maximum absolute atomic E-state index is 13.7. The fraction of sp³-hybridized carbons (Fsp3) is 0.432. The molecule has 264 valence electrons. The summed E-state index contributed by atoms with van der Waals surface area (Å²) in [6.07, 6.45) is 0.639. The quantitative estimate of drug-likeness (QED) is 0.171. The number of halogens is 2. The Labute approximate surface area is 302 Å². The van der Waals surface area contributed by atoms with Crippen LogP contribution < -0.4 is 0 Å². The number of rotatable bonds is 9. The van der Waals surface area contributed by atoms with Gasteiger partial charge in [-0.15, -0.1) is 0 Å². The molecule has 2 aromatic heterocycles. The first kappa shape index (κ1) is 35.6. The van der Waals surface area contributed by atoms with Crippen LogP contribution in [0, 0.1) is 0 Å². The Morgan fingerprint density at radius 2 is 1.62 bits per heavy atom. The molecular weight excluding hydrogens is 679 g/mol. The Kier molecular flexibility index (Phi) is 10.1. The smallest absolute Gasteiger partial charge is 0.410 e. The molecule has 2 aliphatic rings. The van der Waals surface area contributed by atoms with Crippen molar-refractivity contribution in [1.29, 1.82) is 0 Å². The van der Waals surface area contributed by atoms with Gasteiger partial charge in [-0.3, -0.25) is 9.59 Å². The molecule has 6 rings (SSSR count). The highest BCUT2D eigenvalue weighted by atomic mass is 35.5. The lowest BCUT2D eigenvalue weighted by Crippen LogP contribution is -2.40. The van der Waals surface area contributed by atoms with Crippen LogP contribution in [0.5, 0.6) is 0 Å². The molecule has 0 saturated heterocycles. The Hall–Kier alpha value is -4.19. The topological polar surface area (TPSA) is 114 Å². The third kappa shape index (κ3) is 7.31. The van der Waals surface area contributed by atoms with Crippen molar-refractivity contribution >= 4 is 41.0 Å². The molecule has 0 N–H and O–H groups in total. The second-order valence-electron chi connectivity index (χ2n) is 13.9. The van der Waals surface area contributed by atoms with Crippen molar-refractivity contribution in [3.05, 3.63) is 80.7 Å². The molecule has 0 fully saturated rings. The van der Waals surface area contributed by atoms with Gasteiger partial charge in [0.2, 0.25) is 17.6 Å². The Bertz CT molecular complexity index is 1940. The van der Waals surface area contributed by atoms with E-state index in [0.29, 0.717) is 94.5 Å². The predicted molar refractivity (Wildman–Crippen MR) is 191 cm³/mol. The molecule has 13 heteroatoms. The van der Waals surface area contributed by atoms with Crippen molar-refractivity contribution in [3.8, 4) is 22.6 Å². The zero-order valence-electron chi connectivity index (χ0n) is 29.3. The number of Topliss-reactive ketones (excluding diaryl/α,β-unsaturated/α-hetero) is 1. The van der Waals surface area contributed by atoms with Crippen LogP contribution in [0.15, 0.2) is 40.8 Å². The molecule has 2 aliphatic heterocycles. The van der Waals surface area contributed by atoms with Gasteiger partial charge in [-0.25, -0.2) is 14.8 Å². The number of aromatic nitrogens is 3. The highest BCUT2D eigenvalue weighted by Crippen LogP contribution is 2.41. The number of imidazole rings is 1. The van der Waals surface area contributed by atoms with Crippen LogP contribution in [-0.2, 0) is 49.1 Å². The van der Waals surface area contributed by atoms with Gasteiger partial charge in [0.05, 0.1) is 40.9 Å². The highest BCUT2D eigenvalue weighted by molar-refractivity contribution is 6.38. The summed E-state index contributed by atoms with van der Waals surface area (Å²) in [6.45, 7) is 10.7. The van der Waals surface area contributed by atoms with E-state index in [1.165, 1.54) is 0 Å². The van der Waals surface area contributed by atoms with Gasteiger partial charge in [0, 0.05) is 56.2 Å². The van der Waals surface area contributed by atoms with Crippen LogP contribution in [0.1, 0.15) is 73.1 Å². The van der Waals surface area contributed by atoms with Crippen LogP contribution in [0.4, 0.5) is 4.79 Å². The minimum atomic E-state index is -0.603. The van der Waals surface area contributed by atoms with Crippen LogP contribution in [0.3, 0.4) is 0 Å². The van der Waals surface area contributed by atoms with Gasteiger partial charge in [0.15, 0.2) is 5.82 Å². The summed E-state index contributed by atoms with van der Waals surface area (Å²) in [6, 6.07) is 11.1. The van der Waals surface area contributed by atoms with E-state index in [4.69, 9.17) is 37.3 Å². The van der Waals surface area contributed by atoms with Gasteiger partial charge in [-0.1, -0.05) is 60.5 Å². The number of carbonyl (C=O) groups excluding carboxylic acids is 3. The van der Waals surface area contributed by atoms with Crippen LogP contribution in [0.25, 0.3) is 22.6 Å². The number of hydrogen-bond acceptors (Lipinski definition) is 8. The fourth-order valence-corrected chi connectivity index (χ4v) is 6.88. The Morgan fingerprint density at radius 1 is 0.940 bits per heavy atom. The average molecular weight is 722 g/mol. The number of benzene rings is 2. The molecule has 2 amide bonds. The molecule has 0 bridgehead atoms. The molecule has 4 aromatic rings. The molecule has 50 heavy (non-hydrogen) atoms. The predicted octanol–water partition coefficient (Wildman–Crippen LogP) is 6.95. The van der Waals surface area contributed by atoms with E-state index in [1.807, 2.05) is 75.8 Å². The van der Waals surface area contributed by atoms with E-state index in [0.717, 1.165) is 17.9 Å². The van der Waals surface area contributed by atoms with Crippen molar-refractivity contribution < 1.29 is 23.5 Å². The minimum absolute atomic E-state index is 0.0277. The van der Waals surface area contributed by atoms with E-state index in [-0.39, 0.29) is 24.7 Å². The SMILES string of the molecule is CCN(C)CCC(=O)N1Cc2nc(-c3cccc(-c4cccc(CC(=O)c5nc6c(n5C)CCN(C(=O)OC(C)(C)C)C6)c4Cl)c3Cl)oc2C1. The molecule has 0 aliphatic carbocycles. The molecule has 0 saturated carbocycles. The lowest BCUT2D eigenvalue weighted by molar-refractivity contribution is -0.132. The zero-order chi connectivity index (χ0) is 35.9. The first-order valence-electron chi connectivity index (χ1n) is 16.8. The maximum Gasteiger partial charge on any atom is 0.410 e. The average Bonchev–Trinajstić information content (AvgIpc) is 3.75. The van der Waals surface area contributed by atoms with Crippen molar-refractivity contribution in [2.45, 2.75) is 72.2 Å². The Morgan fingerprint density at radius 3 is 2.32 bits per heavy atom. The van der Waals surface area contributed by atoms with E-state index >= 15 is 0 Å². The van der Waals surface area contributed by atoms with Gasteiger partial charge in [0.25, 0.3) is 0 Å². The number of ether oxygens (including phenoxy) is 1.